The quantitative estimate of drug-likeness (QED) is 0.728. The second kappa shape index (κ2) is 3.63. The first-order valence-electron chi connectivity index (χ1n) is 5.03. The van der Waals surface area contributed by atoms with E-state index in [2.05, 4.69) is 0 Å². The van der Waals surface area contributed by atoms with Gasteiger partial charge in [0.25, 0.3) is 0 Å². The molecule has 0 fully saturated rings. The monoisotopic (exact) mass is 220 g/mol. The Bertz CT molecular complexity index is 476. The average Bonchev–Trinajstić information content (AvgIpc) is 2.15. The van der Waals surface area contributed by atoms with E-state index in [1.807, 2.05) is 26.0 Å². The number of hydrogen-bond acceptors (Lipinski definition) is 3. The van der Waals surface area contributed by atoms with Gasteiger partial charge in [-0.3, -0.25) is 0 Å². The molecule has 0 spiro atoms. The minimum atomic E-state index is -1.10. The number of carboxylic acids is 1. The van der Waals surface area contributed by atoms with Gasteiger partial charge in [0.1, 0.15) is 0 Å². The first kappa shape index (κ1) is 10.7. The van der Waals surface area contributed by atoms with E-state index in [1.54, 1.807) is 0 Å². The molecule has 84 valence electrons. The van der Waals surface area contributed by atoms with E-state index in [0.717, 1.165) is 16.7 Å². The van der Waals surface area contributed by atoms with Gasteiger partial charge in [-0.1, -0.05) is 17.7 Å². The smallest absolute Gasteiger partial charge is 0.345 e. The van der Waals surface area contributed by atoms with Crippen LogP contribution in [0.15, 0.2) is 12.1 Å². The van der Waals surface area contributed by atoms with Crippen LogP contribution in [-0.4, -0.2) is 23.1 Å². The highest BCUT2D eigenvalue weighted by Gasteiger charge is 2.32. The Morgan fingerprint density at radius 2 is 2.12 bits per heavy atom. The SMILES string of the molecule is Cc1cc(C)c2c(c1)CC(C(=O)O)OC2=O. The van der Waals surface area contributed by atoms with Crippen LogP contribution in [0.2, 0.25) is 0 Å². The number of rotatable bonds is 1. The van der Waals surface area contributed by atoms with Crippen LogP contribution < -0.4 is 0 Å². The molecule has 4 nitrogen and oxygen atoms in total. The first-order valence-corrected chi connectivity index (χ1v) is 5.03. The Morgan fingerprint density at radius 3 is 2.75 bits per heavy atom. The zero-order chi connectivity index (χ0) is 11.9. The molecular weight excluding hydrogens is 208 g/mol. The molecule has 0 aliphatic carbocycles. The lowest BCUT2D eigenvalue weighted by atomic mass is 9.93. The highest BCUT2D eigenvalue weighted by Crippen LogP contribution is 2.25. The summed E-state index contributed by atoms with van der Waals surface area (Å²) in [5.74, 6) is -1.63. The standard InChI is InChI=1S/C12H12O4/c1-6-3-7(2)10-8(4-6)5-9(11(13)14)16-12(10)15/h3-4,9H,5H2,1-2H3,(H,13,14). The number of benzene rings is 1. The Balaban J connectivity index is 2.50. The topological polar surface area (TPSA) is 63.6 Å². The van der Waals surface area contributed by atoms with Crippen molar-refractivity contribution in [3.63, 3.8) is 0 Å². The summed E-state index contributed by atoms with van der Waals surface area (Å²) in [5, 5.41) is 8.84. The molecule has 0 aromatic heterocycles. The van der Waals surface area contributed by atoms with Crippen LogP contribution >= 0.6 is 0 Å². The number of esters is 1. The Hall–Kier alpha value is -1.84. The molecule has 16 heavy (non-hydrogen) atoms. The molecule has 4 heteroatoms. The zero-order valence-electron chi connectivity index (χ0n) is 9.11. The number of carbonyl (C=O) groups is 2. The van der Waals surface area contributed by atoms with E-state index in [9.17, 15) is 9.59 Å². The van der Waals surface area contributed by atoms with Gasteiger partial charge in [0, 0.05) is 6.42 Å². The normalized spacial score (nSPS) is 18.9. The summed E-state index contributed by atoms with van der Waals surface area (Å²) in [4.78, 5) is 22.4. The summed E-state index contributed by atoms with van der Waals surface area (Å²) in [5.41, 5.74) is 3.14. The molecule has 0 saturated carbocycles. The summed E-state index contributed by atoms with van der Waals surface area (Å²) < 4.78 is 4.86. The molecular formula is C12H12O4. The van der Waals surface area contributed by atoms with E-state index in [0.29, 0.717) is 5.56 Å². The van der Waals surface area contributed by atoms with Crippen LogP contribution in [0.4, 0.5) is 0 Å². The van der Waals surface area contributed by atoms with E-state index in [1.165, 1.54) is 0 Å². The highest BCUT2D eigenvalue weighted by molar-refractivity contribution is 5.96. The van der Waals surface area contributed by atoms with Crippen LogP contribution in [0.1, 0.15) is 27.0 Å². The fraction of sp³-hybridized carbons (Fsp3) is 0.333. The van der Waals surface area contributed by atoms with E-state index < -0.39 is 18.0 Å². The molecule has 0 amide bonds. The third kappa shape index (κ3) is 1.66. The minimum Gasteiger partial charge on any atom is -0.478 e. The van der Waals surface area contributed by atoms with Gasteiger partial charge in [-0.05, 0) is 25.0 Å². The molecule has 1 aliphatic heterocycles. The summed E-state index contributed by atoms with van der Waals surface area (Å²) >= 11 is 0. The predicted octanol–water partition coefficient (Wildman–Crippen LogP) is 1.47. The number of ether oxygens (including phenoxy) is 1. The van der Waals surface area contributed by atoms with Gasteiger partial charge in [-0.15, -0.1) is 0 Å². The fourth-order valence-electron chi connectivity index (χ4n) is 2.08. The molecule has 1 aromatic rings. The molecule has 1 unspecified atom stereocenters. The molecule has 1 heterocycles. The third-order valence-electron chi connectivity index (χ3n) is 2.70. The number of carboxylic acid groups (broad SMARTS) is 1. The third-order valence-corrected chi connectivity index (χ3v) is 2.70. The van der Waals surface area contributed by atoms with Gasteiger partial charge in [0.15, 0.2) is 0 Å². The fourth-order valence-corrected chi connectivity index (χ4v) is 2.08. The number of fused-ring (bicyclic) bond motifs is 1. The van der Waals surface area contributed by atoms with Crippen molar-refractivity contribution in [1.29, 1.82) is 0 Å². The number of hydrogen-bond donors (Lipinski definition) is 1. The van der Waals surface area contributed by atoms with Crippen molar-refractivity contribution in [2.24, 2.45) is 0 Å². The number of aliphatic carboxylic acids is 1. The lowest BCUT2D eigenvalue weighted by Crippen LogP contribution is -2.34. The van der Waals surface area contributed by atoms with Gasteiger partial charge in [-0.2, -0.15) is 0 Å². The minimum absolute atomic E-state index is 0.249. The highest BCUT2D eigenvalue weighted by atomic mass is 16.6. The molecule has 0 radical (unpaired) electrons. The van der Waals surface area contributed by atoms with Crippen LogP contribution in [-0.2, 0) is 16.0 Å². The van der Waals surface area contributed by atoms with Crippen LogP contribution in [0, 0.1) is 13.8 Å². The molecule has 2 rings (SSSR count). The molecule has 1 aromatic carbocycles. The van der Waals surface area contributed by atoms with Crippen molar-refractivity contribution in [3.05, 3.63) is 34.4 Å². The maximum atomic E-state index is 11.6. The Morgan fingerprint density at radius 1 is 1.44 bits per heavy atom. The number of carbonyl (C=O) groups excluding carboxylic acids is 1. The summed E-state index contributed by atoms with van der Waals surface area (Å²) in [6.07, 6.45) is -0.806. The second-order valence-electron chi connectivity index (χ2n) is 4.05. The first-order chi connectivity index (χ1) is 7.49. The van der Waals surface area contributed by atoms with Gasteiger partial charge in [-0.25, -0.2) is 9.59 Å². The van der Waals surface area contributed by atoms with Crippen molar-refractivity contribution in [3.8, 4) is 0 Å². The summed E-state index contributed by atoms with van der Waals surface area (Å²) in [7, 11) is 0. The van der Waals surface area contributed by atoms with Crippen LogP contribution in [0.3, 0.4) is 0 Å². The Labute approximate surface area is 92.8 Å². The molecule has 1 aliphatic rings. The van der Waals surface area contributed by atoms with E-state index in [-0.39, 0.29) is 6.42 Å². The van der Waals surface area contributed by atoms with Crippen molar-refractivity contribution >= 4 is 11.9 Å². The molecule has 0 bridgehead atoms. The van der Waals surface area contributed by atoms with Gasteiger partial charge in [0.05, 0.1) is 5.56 Å². The van der Waals surface area contributed by atoms with Crippen molar-refractivity contribution in [2.75, 3.05) is 0 Å². The van der Waals surface area contributed by atoms with Crippen molar-refractivity contribution in [2.45, 2.75) is 26.4 Å². The molecule has 1 atom stereocenters. The van der Waals surface area contributed by atoms with E-state index in [4.69, 9.17) is 9.84 Å². The number of cyclic esters (lactones) is 1. The van der Waals surface area contributed by atoms with Gasteiger partial charge in [0.2, 0.25) is 6.10 Å². The summed E-state index contributed by atoms with van der Waals surface area (Å²) in [6.45, 7) is 3.75. The maximum Gasteiger partial charge on any atom is 0.345 e. The summed E-state index contributed by atoms with van der Waals surface area (Å²) in [6, 6.07) is 3.74. The van der Waals surface area contributed by atoms with Crippen molar-refractivity contribution in [1.82, 2.24) is 0 Å². The number of aryl methyl sites for hydroxylation is 2. The zero-order valence-corrected chi connectivity index (χ0v) is 9.11. The maximum absolute atomic E-state index is 11.6. The second-order valence-corrected chi connectivity index (χ2v) is 4.05. The van der Waals surface area contributed by atoms with Gasteiger partial charge < -0.3 is 9.84 Å². The van der Waals surface area contributed by atoms with Crippen LogP contribution in [0.5, 0.6) is 0 Å². The van der Waals surface area contributed by atoms with Crippen molar-refractivity contribution < 1.29 is 19.4 Å². The largest absolute Gasteiger partial charge is 0.478 e. The average molecular weight is 220 g/mol. The van der Waals surface area contributed by atoms with Gasteiger partial charge >= 0.3 is 11.9 Å². The molecule has 1 N–H and O–H groups in total. The predicted molar refractivity (Wildman–Crippen MR) is 56.5 cm³/mol. The lowest BCUT2D eigenvalue weighted by Gasteiger charge is -2.23. The van der Waals surface area contributed by atoms with E-state index >= 15 is 0 Å². The van der Waals surface area contributed by atoms with Crippen LogP contribution in [0.25, 0.3) is 0 Å². The molecule has 0 saturated heterocycles. The Kier molecular flexibility index (Phi) is 2.42. The lowest BCUT2D eigenvalue weighted by molar-refractivity contribution is -0.147.